The molecule has 0 bridgehead atoms. The van der Waals surface area contributed by atoms with Crippen molar-refractivity contribution < 1.29 is 23.8 Å². The fourth-order valence-electron chi connectivity index (χ4n) is 3.02. The van der Waals surface area contributed by atoms with Crippen LogP contribution < -0.4 is 25.0 Å². The Kier molecular flexibility index (Phi) is 9.68. The molecule has 0 radical (unpaired) electrons. The van der Waals surface area contributed by atoms with E-state index in [1.807, 2.05) is 37.3 Å². The number of nitrogens with one attached hydrogen (secondary N) is 2. The van der Waals surface area contributed by atoms with Gasteiger partial charge in [-0.25, -0.2) is 5.43 Å². The molecule has 3 aromatic carbocycles. The highest BCUT2D eigenvalue weighted by Crippen LogP contribution is 2.28. The Balaban J connectivity index is 1.45. The van der Waals surface area contributed by atoms with Gasteiger partial charge in [-0.3, -0.25) is 9.59 Å². The minimum absolute atomic E-state index is 0.208. The Bertz CT molecular complexity index is 1130. The number of methoxy groups -OCH3 is 1. The average molecular weight is 476 g/mol. The van der Waals surface area contributed by atoms with E-state index in [9.17, 15) is 9.59 Å². The summed E-state index contributed by atoms with van der Waals surface area (Å²) < 4.78 is 16.7. The van der Waals surface area contributed by atoms with Crippen LogP contribution in [0.1, 0.15) is 34.8 Å². The van der Waals surface area contributed by atoms with Crippen LogP contribution in [0.3, 0.4) is 0 Å². The van der Waals surface area contributed by atoms with Crippen molar-refractivity contribution in [3.8, 4) is 17.2 Å². The molecule has 0 atom stereocenters. The first-order valence-corrected chi connectivity index (χ1v) is 11.3. The Morgan fingerprint density at radius 3 is 2.43 bits per heavy atom. The van der Waals surface area contributed by atoms with Gasteiger partial charge in [0.05, 0.1) is 26.5 Å². The highest BCUT2D eigenvalue weighted by atomic mass is 16.5. The lowest BCUT2D eigenvalue weighted by Crippen LogP contribution is -2.34. The summed E-state index contributed by atoms with van der Waals surface area (Å²) in [7, 11) is 1.56. The van der Waals surface area contributed by atoms with Crippen molar-refractivity contribution in [1.82, 2.24) is 10.7 Å². The van der Waals surface area contributed by atoms with Crippen LogP contribution in [0.5, 0.6) is 17.2 Å². The maximum atomic E-state index is 12.2. The molecule has 8 heteroatoms. The summed E-state index contributed by atoms with van der Waals surface area (Å²) in [5, 5.41) is 6.50. The van der Waals surface area contributed by atoms with E-state index in [4.69, 9.17) is 14.2 Å². The summed E-state index contributed by atoms with van der Waals surface area (Å²) in [4.78, 5) is 24.3. The van der Waals surface area contributed by atoms with Crippen LogP contribution >= 0.6 is 0 Å². The van der Waals surface area contributed by atoms with Crippen molar-refractivity contribution in [2.24, 2.45) is 5.10 Å². The fourth-order valence-corrected chi connectivity index (χ4v) is 3.02. The summed E-state index contributed by atoms with van der Waals surface area (Å²) in [5.74, 6) is 1.04. The van der Waals surface area contributed by atoms with E-state index in [-0.39, 0.29) is 12.5 Å². The van der Waals surface area contributed by atoms with E-state index >= 15 is 0 Å². The molecule has 0 aliphatic heterocycles. The molecule has 0 unspecified atom stereocenters. The zero-order chi connectivity index (χ0) is 24.9. The first-order valence-electron chi connectivity index (χ1n) is 11.3. The highest BCUT2D eigenvalue weighted by molar-refractivity contribution is 5.96. The third kappa shape index (κ3) is 8.19. The van der Waals surface area contributed by atoms with Crippen molar-refractivity contribution in [3.63, 3.8) is 0 Å². The molecule has 0 heterocycles. The van der Waals surface area contributed by atoms with Gasteiger partial charge in [-0.1, -0.05) is 37.3 Å². The van der Waals surface area contributed by atoms with Crippen molar-refractivity contribution >= 4 is 18.0 Å². The smallest absolute Gasteiger partial charge is 0.259 e. The van der Waals surface area contributed by atoms with Crippen LogP contribution in [-0.2, 0) is 11.4 Å². The van der Waals surface area contributed by atoms with Gasteiger partial charge < -0.3 is 19.5 Å². The number of ether oxygens (including phenoxy) is 3. The van der Waals surface area contributed by atoms with E-state index in [1.165, 1.54) is 6.21 Å². The zero-order valence-electron chi connectivity index (χ0n) is 19.8. The van der Waals surface area contributed by atoms with Crippen molar-refractivity contribution in [3.05, 3.63) is 89.5 Å². The number of hydrogen-bond donors (Lipinski definition) is 2. The molecule has 3 aromatic rings. The second-order valence-corrected chi connectivity index (χ2v) is 7.53. The van der Waals surface area contributed by atoms with Crippen molar-refractivity contribution in [2.75, 3.05) is 20.3 Å². The van der Waals surface area contributed by atoms with Gasteiger partial charge in [0.1, 0.15) is 12.4 Å². The van der Waals surface area contributed by atoms with Crippen molar-refractivity contribution in [2.45, 2.75) is 20.0 Å². The monoisotopic (exact) mass is 475 g/mol. The third-order valence-electron chi connectivity index (χ3n) is 4.83. The Labute approximate surface area is 204 Å². The zero-order valence-corrected chi connectivity index (χ0v) is 19.8. The summed E-state index contributed by atoms with van der Waals surface area (Å²) in [6.45, 7) is 2.85. The van der Waals surface area contributed by atoms with E-state index in [1.54, 1.807) is 49.6 Å². The molecular formula is C27H29N3O5. The van der Waals surface area contributed by atoms with Crippen LogP contribution in [0, 0.1) is 0 Å². The second kappa shape index (κ2) is 13.4. The van der Waals surface area contributed by atoms with Crippen LogP contribution in [0.25, 0.3) is 0 Å². The number of hydrazone groups is 1. The number of amides is 2. The summed E-state index contributed by atoms with van der Waals surface area (Å²) in [5.41, 5.74) is 4.59. The van der Waals surface area contributed by atoms with Gasteiger partial charge in [-0.2, -0.15) is 5.10 Å². The molecule has 8 nitrogen and oxygen atoms in total. The quantitative estimate of drug-likeness (QED) is 0.305. The van der Waals surface area contributed by atoms with Gasteiger partial charge in [0.25, 0.3) is 11.8 Å². The molecule has 35 heavy (non-hydrogen) atoms. The Morgan fingerprint density at radius 1 is 0.943 bits per heavy atom. The molecule has 3 rings (SSSR count). The summed E-state index contributed by atoms with van der Waals surface area (Å²) in [6, 6.07) is 21.9. The van der Waals surface area contributed by atoms with Crippen LogP contribution in [0.4, 0.5) is 0 Å². The number of carbonyl (C=O) groups is 2. The van der Waals surface area contributed by atoms with Gasteiger partial charge in [-0.05, 0) is 60.0 Å². The molecule has 0 aliphatic carbocycles. The summed E-state index contributed by atoms with van der Waals surface area (Å²) in [6.07, 6.45) is 2.39. The van der Waals surface area contributed by atoms with Crippen molar-refractivity contribution in [1.29, 1.82) is 0 Å². The molecule has 0 fully saturated rings. The lowest BCUT2D eigenvalue weighted by atomic mass is 10.2. The second-order valence-electron chi connectivity index (χ2n) is 7.53. The maximum Gasteiger partial charge on any atom is 0.259 e. The van der Waals surface area contributed by atoms with Gasteiger partial charge in [0.15, 0.2) is 11.5 Å². The third-order valence-corrected chi connectivity index (χ3v) is 4.83. The Hall–Kier alpha value is -4.33. The lowest BCUT2D eigenvalue weighted by molar-refractivity contribution is -0.120. The van der Waals surface area contributed by atoms with E-state index < -0.39 is 5.91 Å². The van der Waals surface area contributed by atoms with Gasteiger partial charge >= 0.3 is 0 Å². The number of carbonyl (C=O) groups excluding carboxylic acids is 2. The van der Waals surface area contributed by atoms with E-state index in [2.05, 4.69) is 15.8 Å². The predicted molar refractivity (Wildman–Crippen MR) is 134 cm³/mol. The predicted octanol–water partition coefficient (Wildman–Crippen LogP) is 3.94. The molecule has 0 aromatic heterocycles. The maximum absolute atomic E-state index is 12.2. The average Bonchev–Trinajstić information content (AvgIpc) is 2.90. The standard InChI is InChI=1S/C27H29N3O5/c1-3-15-34-23-12-10-22(11-13-23)27(32)28-18-26(31)30-29-17-21-9-14-24(25(16-21)33-2)35-19-20-7-5-4-6-8-20/h4-14,16-17H,3,15,18-19H2,1-2H3,(H,28,32)(H,30,31)/b29-17+. The molecule has 182 valence electrons. The largest absolute Gasteiger partial charge is 0.494 e. The molecule has 2 amide bonds. The molecule has 0 spiro atoms. The van der Waals surface area contributed by atoms with E-state index in [0.717, 1.165) is 12.0 Å². The van der Waals surface area contributed by atoms with Gasteiger partial charge in [0, 0.05) is 5.56 Å². The van der Waals surface area contributed by atoms with E-state index in [0.29, 0.717) is 41.6 Å². The highest BCUT2D eigenvalue weighted by Gasteiger charge is 2.09. The molecule has 0 saturated carbocycles. The Morgan fingerprint density at radius 2 is 1.71 bits per heavy atom. The normalized spacial score (nSPS) is 10.6. The summed E-state index contributed by atoms with van der Waals surface area (Å²) >= 11 is 0. The fraction of sp³-hybridized carbons (Fsp3) is 0.222. The molecule has 2 N–H and O–H groups in total. The topological polar surface area (TPSA) is 98.2 Å². The minimum Gasteiger partial charge on any atom is -0.494 e. The molecule has 0 saturated heterocycles. The lowest BCUT2D eigenvalue weighted by Gasteiger charge is -2.11. The number of benzene rings is 3. The number of nitrogens with zero attached hydrogens (tertiary/aromatic N) is 1. The first kappa shape index (κ1) is 25.3. The van der Waals surface area contributed by atoms with Crippen LogP contribution in [0.15, 0.2) is 77.9 Å². The first-order chi connectivity index (χ1) is 17.1. The number of rotatable bonds is 12. The van der Waals surface area contributed by atoms with Crippen LogP contribution in [-0.4, -0.2) is 38.3 Å². The van der Waals surface area contributed by atoms with Gasteiger partial charge in [-0.15, -0.1) is 0 Å². The number of hydrogen-bond acceptors (Lipinski definition) is 6. The molecule has 0 aliphatic rings. The molecular weight excluding hydrogens is 446 g/mol. The van der Waals surface area contributed by atoms with Crippen LogP contribution in [0.2, 0.25) is 0 Å². The minimum atomic E-state index is -0.452. The SMILES string of the molecule is CCCOc1ccc(C(=O)NCC(=O)N/N=C/c2ccc(OCc3ccccc3)c(OC)c2)cc1. The van der Waals surface area contributed by atoms with Gasteiger partial charge in [0.2, 0.25) is 0 Å².